The van der Waals surface area contributed by atoms with Gasteiger partial charge in [0.1, 0.15) is 17.8 Å². The van der Waals surface area contributed by atoms with Crippen LogP contribution in [0.3, 0.4) is 0 Å². The van der Waals surface area contributed by atoms with Crippen molar-refractivity contribution in [3.05, 3.63) is 65.5 Å². The Morgan fingerprint density at radius 2 is 1.93 bits per heavy atom. The first-order valence-electron chi connectivity index (χ1n) is 9.77. The van der Waals surface area contributed by atoms with E-state index < -0.39 is 17.6 Å². The molecule has 3 aromatic heterocycles. The van der Waals surface area contributed by atoms with E-state index in [1.807, 2.05) is 18.5 Å². The smallest absolute Gasteiger partial charge is 0.346 e. The van der Waals surface area contributed by atoms with E-state index in [0.717, 1.165) is 54.6 Å². The minimum atomic E-state index is -4.67. The van der Waals surface area contributed by atoms with E-state index in [2.05, 4.69) is 20.0 Å². The van der Waals surface area contributed by atoms with Gasteiger partial charge in [-0.2, -0.15) is 18.3 Å². The summed E-state index contributed by atoms with van der Waals surface area (Å²) in [4.78, 5) is 9.62. The number of aromatic nitrogens is 4. The molecule has 30 heavy (non-hydrogen) atoms. The Hall–Kier alpha value is -2.94. The van der Waals surface area contributed by atoms with E-state index in [1.165, 1.54) is 11.6 Å². The molecule has 5 nitrogen and oxygen atoms in total. The van der Waals surface area contributed by atoms with Crippen molar-refractivity contribution in [1.29, 1.82) is 0 Å². The van der Waals surface area contributed by atoms with Crippen LogP contribution in [0.25, 0.3) is 16.6 Å². The lowest BCUT2D eigenvalue weighted by Crippen LogP contribution is -2.32. The van der Waals surface area contributed by atoms with Crippen molar-refractivity contribution in [2.45, 2.75) is 31.5 Å². The van der Waals surface area contributed by atoms with Gasteiger partial charge in [0.15, 0.2) is 0 Å². The number of aromatic amines is 1. The Bertz CT molecular complexity index is 1200. The van der Waals surface area contributed by atoms with Crippen LogP contribution in [-0.2, 0) is 12.7 Å². The predicted molar refractivity (Wildman–Crippen MR) is 103 cm³/mol. The Balaban J connectivity index is 1.30. The van der Waals surface area contributed by atoms with Gasteiger partial charge in [-0.3, -0.25) is 4.90 Å². The molecule has 0 aliphatic carbocycles. The number of alkyl halides is 3. The molecule has 0 spiro atoms. The third kappa shape index (κ3) is 3.32. The molecule has 1 N–H and O–H groups in total. The first-order valence-corrected chi connectivity index (χ1v) is 9.77. The van der Waals surface area contributed by atoms with E-state index >= 15 is 0 Å². The van der Waals surface area contributed by atoms with Gasteiger partial charge in [-0.25, -0.2) is 13.9 Å². The van der Waals surface area contributed by atoms with Gasteiger partial charge in [0, 0.05) is 23.7 Å². The number of nitrogens with zero attached hydrogens (tertiary/aromatic N) is 4. The Morgan fingerprint density at radius 3 is 2.67 bits per heavy atom. The van der Waals surface area contributed by atoms with Crippen molar-refractivity contribution in [1.82, 2.24) is 24.5 Å². The number of H-pyrrole nitrogens is 1. The van der Waals surface area contributed by atoms with Crippen LogP contribution >= 0.6 is 0 Å². The van der Waals surface area contributed by atoms with E-state index in [1.54, 1.807) is 10.8 Å². The van der Waals surface area contributed by atoms with Gasteiger partial charge in [-0.1, -0.05) is 6.07 Å². The third-order valence-electron chi connectivity index (χ3n) is 5.87. The highest BCUT2D eigenvalue weighted by Crippen LogP contribution is 2.34. The largest absolute Gasteiger partial charge is 0.419 e. The van der Waals surface area contributed by atoms with Crippen LogP contribution in [0.4, 0.5) is 17.6 Å². The first kappa shape index (κ1) is 19.0. The molecule has 0 saturated carbocycles. The Morgan fingerprint density at radius 1 is 1.13 bits per heavy atom. The summed E-state index contributed by atoms with van der Waals surface area (Å²) in [5.41, 5.74) is 2.40. The molecule has 1 fully saturated rings. The molecule has 156 valence electrons. The quantitative estimate of drug-likeness (QED) is 0.490. The average Bonchev–Trinajstić information content (AvgIpc) is 3.34. The van der Waals surface area contributed by atoms with Gasteiger partial charge in [0.25, 0.3) is 0 Å². The third-order valence-corrected chi connectivity index (χ3v) is 5.87. The first-order chi connectivity index (χ1) is 14.4. The molecular formula is C21H19F4N5. The summed E-state index contributed by atoms with van der Waals surface area (Å²) in [6.45, 7) is 2.00. The standard InChI is InChI=1S/C21H19F4N5/c22-18-9-13(1-2-17(18)21(23,24)25)11-29-7-4-14(5-8-29)16-10-28-30-12-27-20-15(19(16)30)3-6-26-20/h1-3,6,9-10,12,14,26H,4-5,7-8,11H2. The lowest BCUT2D eigenvalue weighted by Gasteiger charge is -2.31. The fraction of sp³-hybridized carbons (Fsp3) is 0.333. The fourth-order valence-corrected chi connectivity index (χ4v) is 4.36. The second-order valence-electron chi connectivity index (χ2n) is 7.74. The van der Waals surface area contributed by atoms with Crippen LogP contribution in [0.15, 0.2) is 43.0 Å². The average molecular weight is 417 g/mol. The molecule has 0 atom stereocenters. The number of benzene rings is 1. The van der Waals surface area contributed by atoms with Gasteiger partial charge in [-0.05, 0) is 55.6 Å². The lowest BCUT2D eigenvalue weighted by molar-refractivity contribution is -0.140. The van der Waals surface area contributed by atoms with Gasteiger partial charge in [0.05, 0.1) is 17.3 Å². The van der Waals surface area contributed by atoms with Crippen molar-refractivity contribution < 1.29 is 17.6 Å². The summed E-state index contributed by atoms with van der Waals surface area (Å²) in [5.74, 6) is -0.881. The molecule has 1 saturated heterocycles. The van der Waals surface area contributed by atoms with Crippen molar-refractivity contribution in [2.24, 2.45) is 0 Å². The molecule has 4 heterocycles. The molecule has 0 amide bonds. The summed E-state index contributed by atoms with van der Waals surface area (Å²) in [5, 5.41) is 5.48. The maximum absolute atomic E-state index is 13.8. The number of piperidine rings is 1. The maximum Gasteiger partial charge on any atom is 0.419 e. The zero-order valence-electron chi connectivity index (χ0n) is 16.0. The van der Waals surface area contributed by atoms with E-state index in [-0.39, 0.29) is 0 Å². The van der Waals surface area contributed by atoms with Crippen LogP contribution in [-0.4, -0.2) is 37.6 Å². The van der Waals surface area contributed by atoms with Crippen molar-refractivity contribution in [3.63, 3.8) is 0 Å². The number of halogens is 4. The van der Waals surface area contributed by atoms with Crippen molar-refractivity contribution in [2.75, 3.05) is 13.1 Å². The lowest BCUT2D eigenvalue weighted by atomic mass is 9.89. The van der Waals surface area contributed by atoms with Crippen molar-refractivity contribution >= 4 is 16.6 Å². The molecule has 0 radical (unpaired) electrons. The molecule has 1 aliphatic heterocycles. The number of hydrogen-bond acceptors (Lipinski definition) is 3. The van der Waals surface area contributed by atoms with E-state index in [4.69, 9.17) is 0 Å². The highest BCUT2D eigenvalue weighted by atomic mass is 19.4. The molecule has 4 aromatic rings. The summed E-state index contributed by atoms with van der Waals surface area (Å²) in [7, 11) is 0. The minimum Gasteiger partial charge on any atom is -0.346 e. The highest BCUT2D eigenvalue weighted by molar-refractivity contribution is 5.93. The monoisotopic (exact) mass is 417 g/mol. The van der Waals surface area contributed by atoms with Gasteiger partial charge >= 0.3 is 6.18 Å². The Labute approximate surface area is 169 Å². The second kappa shape index (κ2) is 7.09. The Kier molecular flexibility index (Phi) is 4.50. The molecule has 1 aromatic carbocycles. The normalized spacial score (nSPS) is 16.7. The number of fused-ring (bicyclic) bond motifs is 3. The number of likely N-dealkylation sites (tertiary alicyclic amines) is 1. The van der Waals surface area contributed by atoms with Crippen molar-refractivity contribution in [3.8, 4) is 0 Å². The maximum atomic E-state index is 13.8. The van der Waals surface area contributed by atoms with Crippen LogP contribution < -0.4 is 0 Å². The zero-order chi connectivity index (χ0) is 20.9. The van der Waals surface area contributed by atoms with Crippen LogP contribution in [0.5, 0.6) is 0 Å². The summed E-state index contributed by atoms with van der Waals surface area (Å²) in [6, 6.07) is 5.18. The van der Waals surface area contributed by atoms with Crippen LogP contribution in [0.2, 0.25) is 0 Å². The van der Waals surface area contributed by atoms with Crippen LogP contribution in [0, 0.1) is 5.82 Å². The summed E-state index contributed by atoms with van der Waals surface area (Å²) < 4.78 is 53.9. The molecular weight excluding hydrogens is 398 g/mol. The van der Waals surface area contributed by atoms with Gasteiger partial charge in [-0.15, -0.1) is 0 Å². The summed E-state index contributed by atoms with van der Waals surface area (Å²) >= 11 is 0. The topological polar surface area (TPSA) is 49.2 Å². The van der Waals surface area contributed by atoms with Gasteiger partial charge in [0.2, 0.25) is 0 Å². The number of hydrogen-bond donors (Lipinski definition) is 1. The molecule has 9 heteroatoms. The second-order valence-corrected chi connectivity index (χ2v) is 7.74. The highest BCUT2D eigenvalue weighted by Gasteiger charge is 2.34. The zero-order valence-corrected chi connectivity index (χ0v) is 16.0. The number of nitrogens with one attached hydrogen (secondary N) is 1. The van der Waals surface area contributed by atoms with E-state index in [9.17, 15) is 17.6 Å². The predicted octanol–water partition coefficient (Wildman–Crippen LogP) is 4.75. The molecule has 1 aliphatic rings. The fourth-order valence-electron chi connectivity index (χ4n) is 4.36. The van der Waals surface area contributed by atoms with E-state index in [0.29, 0.717) is 18.0 Å². The van der Waals surface area contributed by atoms with Gasteiger partial charge < -0.3 is 4.98 Å². The molecule has 0 unspecified atom stereocenters. The number of rotatable bonds is 3. The molecule has 0 bridgehead atoms. The minimum absolute atomic E-state index is 0.337. The summed E-state index contributed by atoms with van der Waals surface area (Å²) in [6.07, 6.45) is 2.59. The SMILES string of the molecule is Fc1cc(CN2CCC(c3cnn4cnc5[nH]ccc5c34)CC2)ccc1C(F)(F)F. The molecule has 5 rings (SSSR count). The van der Waals surface area contributed by atoms with Crippen LogP contribution in [0.1, 0.15) is 35.4 Å².